The third-order valence-corrected chi connectivity index (χ3v) is 5.22. The first-order valence-corrected chi connectivity index (χ1v) is 10.4. The molecule has 9 heteroatoms. The van der Waals surface area contributed by atoms with Gasteiger partial charge >= 0.3 is 6.18 Å². The zero-order valence-electron chi connectivity index (χ0n) is 17.1. The highest BCUT2D eigenvalue weighted by atomic mass is 35.5. The summed E-state index contributed by atoms with van der Waals surface area (Å²) >= 11 is 5.86. The first-order valence-electron chi connectivity index (χ1n) is 9.90. The average Bonchev–Trinajstić information content (AvgIpc) is 2.78. The standard InChI is InChI=1S/C24H19ClF5NO2/c25-14-18(31-23(32)22-20(26)2-1-3-21(22)27)12-13-33-19-10-6-16(7-11-19)15-4-8-17(9-5-15)24(28,29)30/h1-11,18H,12-14H2,(H,31,32). The van der Waals surface area contributed by atoms with Gasteiger partial charge in [0.15, 0.2) is 0 Å². The van der Waals surface area contributed by atoms with Crippen LogP contribution in [0.3, 0.4) is 0 Å². The fraction of sp³-hybridized carbons (Fsp3) is 0.208. The predicted octanol–water partition coefficient (Wildman–Crippen LogP) is 6.46. The summed E-state index contributed by atoms with van der Waals surface area (Å²) in [5.41, 5.74) is -0.0500. The number of benzene rings is 3. The van der Waals surface area contributed by atoms with Crippen molar-refractivity contribution in [3.63, 3.8) is 0 Å². The molecule has 3 rings (SSSR count). The van der Waals surface area contributed by atoms with Crippen molar-refractivity contribution in [1.82, 2.24) is 5.32 Å². The maximum absolute atomic E-state index is 13.7. The zero-order valence-corrected chi connectivity index (χ0v) is 17.9. The number of alkyl halides is 4. The van der Waals surface area contributed by atoms with E-state index in [0.717, 1.165) is 30.3 Å². The maximum Gasteiger partial charge on any atom is 0.416 e. The van der Waals surface area contributed by atoms with Gasteiger partial charge in [-0.2, -0.15) is 13.2 Å². The highest BCUT2D eigenvalue weighted by molar-refractivity contribution is 6.18. The number of carbonyl (C=O) groups is 1. The number of hydrogen-bond donors (Lipinski definition) is 1. The van der Waals surface area contributed by atoms with Gasteiger partial charge in [-0.25, -0.2) is 8.78 Å². The van der Waals surface area contributed by atoms with E-state index in [4.69, 9.17) is 16.3 Å². The molecule has 174 valence electrons. The van der Waals surface area contributed by atoms with Crippen LogP contribution in [0, 0.1) is 11.6 Å². The van der Waals surface area contributed by atoms with Crippen LogP contribution in [0.1, 0.15) is 22.3 Å². The molecule has 0 heterocycles. The van der Waals surface area contributed by atoms with Crippen LogP contribution in [0.15, 0.2) is 66.7 Å². The monoisotopic (exact) mass is 483 g/mol. The summed E-state index contributed by atoms with van der Waals surface area (Å²) in [5, 5.41) is 2.49. The van der Waals surface area contributed by atoms with Crippen molar-refractivity contribution < 1.29 is 31.5 Å². The second kappa shape index (κ2) is 10.7. The minimum Gasteiger partial charge on any atom is -0.494 e. The molecule has 1 unspecified atom stereocenters. The SMILES string of the molecule is O=C(NC(CCl)CCOc1ccc(-c2ccc(C(F)(F)F)cc2)cc1)c1c(F)cccc1F. The summed E-state index contributed by atoms with van der Waals surface area (Å²) in [5.74, 6) is -2.32. The normalized spacial score (nSPS) is 12.3. The van der Waals surface area contributed by atoms with E-state index in [1.165, 1.54) is 12.1 Å². The number of carbonyl (C=O) groups excluding carboxylic acids is 1. The van der Waals surface area contributed by atoms with E-state index < -0.39 is 40.9 Å². The molecule has 0 spiro atoms. The molecular weight excluding hydrogens is 465 g/mol. The number of halogens is 6. The highest BCUT2D eigenvalue weighted by Crippen LogP contribution is 2.31. The summed E-state index contributed by atoms with van der Waals surface area (Å²) < 4.78 is 71.2. The Balaban J connectivity index is 1.54. The van der Waals surface area contributed by atoms with Crippen molar-refractivity contribution in [3.8, 4) is 16.9 Å². The summed E-state index contributed by atoms with van der Waals surface area (Å²) in [4.78, 5) is 12.2. The topological polar surface area (TPSA) is 38.3 Å². The van der Waals surface area contributed by atoms with Crippen LogP contribution >= 0.6 is 11.6 Å². The second-order valence-corrected chi connectivity index (χ2v) is 7.47. The fourth-order valence-electron chi connectivity index (χ4n) is 3.07. The van der Waals surface area contributed by atoms with E-state index in [0.29, 0.717) is 16.9 Å². The van der Waals surface area contributed by atoms with E-state index in [1.54, 1.807) is 24.3 Å². The third kappa shape index (κ3) is 6.44. The lowest BCUT2D eigenvalue weighted by Crippen LogP contribution is -2.38. The molecule has 0 fully saturated rings. The first kappa shape index (κ1) is 24.5. The van der Waals surface area contributed by atoms with Gasteiger partial charge in [-0.3, -0.25) is 4.79 Å². The Labute approximate surface area is 192 Å². The molecule has 1 atom stereocenters. The third-order valence-electron chi connectivity index (χ3n) is 4.85. The Bertz CT molecular complexity index is 1070. The van der Waals surface area contributed by atoms with Crippen LogP contribution in [0.2, 0.25) is 0 Å². The van der Waals surface area contributed by atoms with E-state index in [2.05, 4.69) is 5.32 Å². The van der Waals surface area contributed by atoms with Gasteiger partial charge in [-0.1, -0.05) is 30.3 Å². The lowest BCUT2D eigenvalue weighted by atomic mass is 10.0. The van der Waals surface area contributed by atoms with Crippen molar-refractivity contribution in [2.75, 3.05) is 12.5 Å². The van der Waals surface area contributed by atoms with Gasteiger partial charge in [0.25, 0.3) is 5.91 Å². The second-order valence-electron chi connectivity index (χ2n) is 7.16. The summed E-state index contributed by atoms with van der Waals surface area (Å²) in [6.07, 6.45) is -4.11. The van der Waals surface area contributed by atoms with Crippen LogP contribution in [0.4, 0.5) is 22.0 Å². The molecule has 3 aromatic carbocycles. The largest absolute Gasteiger partial charge is 0.494 e. The van der Waals surface area contributed by atoms with Crippen molar-refractivity contribution in [2.45, 2.75) is 18.6 Å². The van der Waals surface area contributed by atoms with Crippen LogP contribution in [0.5, 0.6) is 5.75 Å². The Kier molecular flexibility index (Phi) is 7.92. The fourth-order valence-corrected chi connectivity index (χ4v) is 3.31. The lowest BCUT2D eigenvalue weighted by molar-refractivity contribution is -0.137. The van der Waals surface area contributed by atoms with Gasteiger partial charge in [0.1, 0.15) is 22.9 Å². The van der Waals surface area contributed by atoms with Crippen LogP contribution in [-0.4, -0.2) is 24.4 Å². The van der Waals surface area contributed by atoms with Gasteiger partial charge in [-0.15, -0.1) is 11.6 Å². The number of hydrogen-bond acceptors (Lipinski definition) is 2. The molecule has 0 aliphatic rings. The molecule has 1 N–H and O–H groups in total. The number of amides is 1. The number of nitrogens with one attached hydrogen (secondary N) is 1. The van der Waals surface area contributed by atoms with Gasteiger partial charge in [0, 0.05) is 18.3 Å². The first-order chi connectivity index (χ1) is 15.7. The molecule has 0 radical (unpaired) electrons. The molecule has 0 saturated heterocycles. The highest BCUT2D eigenvalue weighted by Gasteiger charge is 2.30. The summed E-state index contributed by atoms with van der Waals surface area (Å²) in [7, 11) is 0. The number of ether oxygens (including phenoxy) is 1. The van der Waals surface area contributed by atoms with E-state index >= 15 is 0 Å². The zero-order chi connectivity index (χ0) is 24.0. The van der Waals surface area contributed by atoms with Crippen molar-refractivity contribution in [3.05, 3.63) is 89.5 Å². The smallest absolute Gasteiger partial charge is 0.416 e. The van der Waals surface area contributed by atoms with E-state index in [1.807, 2.05) is 0 Å². The molecule has 1 amide bonds. The molecule has 3 nitrogen and oxygen atoms in total. The van der Waals surface area contributed by atoms with Crippen molar-refractivity contribution in [1.29, 1.82) is 0 Å². The number of rotatable bonds is 8. The van der Waals surface area contributed by atoms with Gasteiger partial charge in [0.05, 0.1) is 12.2 Å². The molecule has 0 aliphatic carbocycles. The van der Waals surface area contributed by atoms with Crippen LogP contribution in [-0.2, 0) is 6.18 Å². The Morgan fingerprint density at radius 2 is 1.45 bits per heavy atom. The summed E-state index contributed by atoms with van der Waals surface area (Å²) in [6.45, 7) is 0.164. The quantitative estimate of drug-likeness (QED) is 0.295. The van der Waals surface area contributed by atoms with Crippen LogP contribution in [0.25, 0.3) is 11.1 Å². The minimum absolute atomic E-state index is 0.0119. The molecule has 0 bridgehead atoms. The predicted molar refractivity (Wildman–Crippen MR) is 115 cm³/mol. The summed E-state index contributed by atoms with van der Waals surface area (Å²) in [6, 6.07) is 14.1. The molecule has 0 aromatic heterocycles. The lowest BCUT2D eigenvalue weighted by Gasteiger charge is -2.17. The average molecular weight is 484 g/mol. The van der Waals surface area contributed by atoms with Gasteiger partial charge in [0.2, 0.25) is 0 Å². The molecule has 0 aliphatic heterocycles. The van der Waals surface area contributed by atoms with Crippen LogP contribution < -0.4 is 10.1 Å². The minimum atomic E-state index is -4.39. The Morgan fingerprint density at radius 1 is 0.909 bits per heavy atom. The Hall–Kier alpha value is -3.13. The molecular formula is C24H19ClF5NO2. The van der Waals surface area contributed by atoms with E-state index in [9.17, 15) is 26.7 Å². The maximum atomic E-state index is 13.7. The van der Waals surface area contributed by atoms with Gasteiger partial charge in [-0.05, 0) is 47.5 Å². The van der Waals surface area contributed by atoms with E-state index in [-0.39, 0.29) is 18.9 Å². The van der Waals surface area contributed by atoms with Gasteiger partial charge < -0.3 is 10.1 Å². The van der Waals surface area contributed by atoms with Crippen molar-refractivity contribution >= 4 is 17.5 Å². The molecule has 0 saturated carbocycles. The molecule has 3 aromatic rings. The Morgan fingerprint density at radius 3 is 1.97 bits per heavy atom. The molecule has 33 heavy (non-hydrogen) atoms. The van der Waals surface area contributed by atoms with Crippen molar-refractivity contribution in [2.24, 2.45) is 0 Å².